The molecule has 3 amide bonds. The molecule has 0 radical (unpaired) electrons. The first-order valence-corrected chi connectivity index (χ1v) is 11.1. The normalized spacial score (nSPS) is 11.1. The highest BCUT2D eigenvalue weighted by molar-refractivity contribution is 6.31. The predicted octanol–water partition coefficient (Wildman–Crippen LogP) is 6.45. The molecule has 0 atom stereocenters. The highest BCUT2D eigenvalue weighted by Crippen LogP contribution is 2.36. The summed E-state index contributed by atoms with van der Waals surface area (Å²) in [7, 11) is 1.57. The van der Waals surface area contributed by atoms with Gasteiger partial charge in [0.15, 0.2) is 0 Å². The molecule has 0 aliphatic rings. The molecule has 3 N–H and O–H groups in total. The van der Waals surface area contributed by atoms with Crippen LogP contribution in [0.3, 0.4) is 0 Å². The van der Waals surface area contributed by atoms with Crippen molar-refractivity contribution in [2.24, 2.45) is 0 Å². The second-order valence-electron chi connectivity index (χ2n) is 7.68. The number of aromatic nitrogens is 2. The lowest BCUT2D eigenvalue weighted by atomic mass is 10.2. The van der Waals surface area contributed by atoms with Crippen LogP contribution < -0.4 is 20.7 Å². The monoisotopic (exact) mass is 529 g/mol. The number of rotatable bonds is 6. The molecule has 190 valence electrons. The Bertz CT molecular complexity index is 1440. The Kier molecular flexibility index (Phi) is 7.35. The summed E-state index contributed by atoms with van der Waals surface area (Å²) in [5.41, 5.74) is 0.532. The minimum atomic E-state index is -4.67. The van der Waals surface area contributed by atoms with Crippen LogP contribution in [0.5, 0.6) is 5.75 Å². The van der Waals surface area contributed by atoms with E-state index in [9.17, 15) is 22.8 Å². The van der Waals surface area contributed by atoms with Gasteiger partial charge in [0.1, 0.15) is 5.75 Å². The summed E-state index contributed by atoms with van der Waals surface area (Å²) in [6.45, 7) is 0. The Morgan fingerprint density at radius 1 is 0.919 bits per heavy atom. The van der Waals surface area contributed by atoms with E-state index in [1.165, 1.54) is 24.4 Å². The number of hydrogen-bond donors (Lipinski definition) is 3. The smallest absolute Gasteiger partial charge is 0.417 e. The molecule has 0 aliphatic heterocycles. The summed E-state index contributed by atoms with van der Waals surface area (Å²) < 4.78 is 45.8. The van der Waals surface area contributed by atoms with Crippen molar-refractivity contribution in [2.45, 2.75) is 6.18 Å². The maximum absolute atomic E-state index is 13.0. The minimum Gasteiger partial charge on any atom is -0.497 e. The maximum atomic E-state index is 13.0. The van der Waals surface area contributed by atoms with E-state index in [1.807, 2.05) is 12.1 Å². The molecule has 1 aromatic heterocycles. The number of benzene rings is 3. The lowest BCUT2D eigenvalue weighted by molar-refractivity contribution is -0.137. The van der Waals surface area contributed by atoms with Crippen molar-refractivity contribution in [3.63, 3.8) is 0 Å². The van der Waals surface area contributed by atoms with Crippen LogP contribution in [0.4, 0.5) is 35.0 Å². The lowest BCUT2D eigenvalue weighted by Gasteiger charge is -2.12. The zero-order valence-corrected chi connectivity index (χ0v) is 19.9. The largest absolute Gasteiger partial charge is 0.497 e. The number of alkyl halides is 3. The van der Waals surface area contributed by atoms with Crippen LogP contribution in [0.2, 0.25) is 5.02 Å². The van der Waals surface area contributed by atoms with Gasteiger partial charge in [0, 0.05) is 16.9 Å². The van der Waals surface area contributed by atoms with Crippen LogP contribution in [0, 0.1) is 0 Å². The number of methoxy groups -OCH3 is 1. The molecule has 0 fully saturated rings. The van der Waals surface area contributed by atoms with Crippen molar-refractivity contribution in [2.75, 3.05) is 23.1 Å². The standard InChI is InChI=1S/C25H19ClF3N5O3/c1-37-20-8-6-19(7-9-20)34-14-18(13-30-34)31-23(35)15-3-2-4-16(11-15)32-24(36)33-17-5-10-22(26)21(12-17)25(27,28)29/h2-14H,1H3,(H,31,35)(H2,32,33,36). The zero-order chi connectivity index (χ0) is 26.6. The second kappa shape index (κ2) is 10.6. The highest BCUT2D eigenvalue weighted by Gasteiger charge is 2.33. The van der Waals surface area contributed by atoms with Gasteiger partial charge in [-0.1, -0.05) is 17.7 Å². The number of nitrogens with one attached hydrogen (secondary N) is 3. The van der Waals surface area contributed by atoms with E-state index in [-0.39, 0.29) is 16.9 Å². The van der Waals surface area contributed by atoms with Crippen molar-refractivity contribution in [1.29, 1.82) is 0 Å². The number of carbonyl (C=O) groups excluding carboxylic acids is 2. The number of ether oxygens (including phenoxy) is 1. The van der Waals surface area contributed by atoms with Gasteiger partial charge in [-0.25, -0.2) is 9.48 Å². The lowest BCUT2D eigenvalue weighted by Crippen LogP contribution is -2.20. The van der Waals surface area contributed by atoms with E-state index in [0.29, 0.717) is 11.4 Å². The summed E-state index contributed by atoms with van der Waals surface area (Å²) in [5.74, 6) is 0.247. The van der Waals surface area contributed by atoms with Crippen molar-refractivity contribution < 1.29 is 27.5 Å². The highest BCUT2D eigenvalue weighted by atomic mass is 35.5. The number of amides is 3. The van der Waals surface area contributed by atoms with Gasteiger partial charge in [-0.2, -0.15) is 18.3 Å². The maximum Gasteiger partial charge on any atom is 0.417 e. The first-order chi connectivity index (χ1) is 17.6. The first-order valence-electron chi connectivity index (χ1n) is 10.7. The van der Waals surface area contributed by atoms with Crippen molar-refractivity contribution in [1.82, 2.24) is 9.78 Å². The second-order valence-corrected chi connectivity index (χ2v) is 8.09. The summed E-state index contributed by atoms with van der Waals surface area (Å²) in [6.07, 6.45) is -1.55. The minimum absolute atomic E-state index is 0.100. The number of nitrogens with zero attached hydrogens (tertiary/aromatic N) is 2. The van der Waals surface area contributed by atoms with E-state index in [1.54, 1.807) is 42.3 Å². The third kappa shape index (κ3) is 6.39. The summed E-state index contributed by atoms with van der Waals surface area (Å²) in [4.78, 5) is 25.0. The Balaban J connectivity index is 1.40. The molecule has 0 spiro atoms. The predicted molar refractivity (Wildman–Crippen MR) is 134 cm³/mol. The van der Waals surface area contributed by atoms with Gasteiger partial charge in [-0.05, 0) is 60.7 Å². The van der Waals surface area contributed by atoms with Gasteiger partial charge in [-0.3, -0.25) is 4.79 Å². The third-order valence-corrected chi connectivity index (χ3v) is 5.42. The molecule has 0 unspecified atom stereocenters. The summed E-state index contributed by atoms with van der Waals surface area (Å²) >= 11 is 5.60. The summed E-state index contributed by atoms with van der Waals surface area (Å²) in [5, 5.41) is 11.3. The molecule has 3 aromatic carbocycles. The van der Waals surface area contributed by atoms with Gasteiger partial charge < -0.3 is 20.7 Å². The molecular formula is C25H19ClF3N5O3. The Morgan fingerprint density at radius 2 is 1.62 bits per heavy atom. The zero-order valence-electron chi connectivity index (χ0n) is 19.1. The van der Waals surface area contributed by atoms with Crippen LogP contribution in [-0.2, 0) is 6.18 Å². The molecular weight excluding hydrogens is 511 g/mol. The number of anilines is 3. The van der Waals surface area contributed by atoms with Crippen LogP contribution in [0.25, 0.3) is 5.69 Å². The average molecular weight is 530 g/mol. The quantitative estimate of drug-likeness (QED) is 0.267. The molecule has 4 rings (SSSR count). The molecule has 0 saturated heterocycles. The van der Waals surface area contributed by atoms with Gasteiger partial charge in [0.2, 0.25) is 0 Å². The number of halogens is 4. The van der Waals surface area contributed by atoms with E-state index >= 15 is 0 Å². The van der Waals surface area contributed by atoms with Crippen LogP contribution in [-0.4, -0.2) is 28.8 Å². The molecule has 37 heavy (non-hydrogen) atoms. The van der Waals surface area contributed by atoms with E-state index < -0.39 is 28.7 Å². The number of hydrogen-bond acceptors (Lipinski definition) is 4. The molecule has 1 heterocycles. The molecule has 0 aliphatic carbocycles. The van der Waals surface area contributed by atoms with Gasteiger partial charge in [0.05, 0.1) is 41.5 Å². The fourth-order valence-electron chi connectivity index (χ4n) is 3.32. The van der Waals surface area contributed by atoms with Crippen LogP contribution >= 0.6 is 11.6 Å². The molecule has 4 aromatic rings. The molecule has 0 bridgehead atoms. The van der Waals surface area contributed by atoms with Crippen LogP contribution in [0.1, 0.15) is 15.9 Å². The third-order valence-electron chi connectivity index (χ3n) is 5.09. The first kappa shape index (κ1) is 25.6. The van der Waals surface area contributed by atoms with Gasteiger partial charge in [-0.15, -0.1) is 0 Å². The molecule has 12 heteroatoms. The van der Waals surface area contributed by atoms with E-state index in [2.05, 4.69) is 21.0 Å². The van der Waals surface area contributed by atoms with Crippen molar-refractivity contribution in [3.05, 3.63) is 95.3 Å². The van der Waals surface area contributed by atoms with E-state index in [4.69, 9.17) is 16.3 Å². The Labute approximate surface area is 214 Å². The fourth-order valence-corrected chi connectivity index (χ4v) is 3.54. The Morgan fingerprint density at radius 3 is 2.30 bits per heavy atom. The SMILES string of the molecule is COc1ccc(-n2cc(NC(=O)c3cccc(NC(=O)Nc4ccc(Cl)c(C(F)(F)F)c4)c3)cn2)cc1. The number of urea groups is 1. The van der Waals surface area contributed by atoms with Gasteiger partial charge in [0.25, 0.3) is 5.91 Å². The van der Waals surface area contributed by atoms with Gasteiger partial charge >= 0.3 is 12.2 Å². The van der Waals surface area contributed by atoms with Crippen molar-refractivity contribution in [3.8, 4) is 11.4 Å². The Hall–Kier alpha value is -4.51. The van der Waals surface area contributed by atoms with Crippen molar-refractivity contribution >= 4 is 40.6 Å². The average Bonchev–Trinajstić information content (AvgIpc) is 3.33. The molecule has 8 nitrogen and oxygen atoms in total. The topological polar surface area (TPSA) is 97.3 Å². The summed E-state index contributed by atoms with van der Waals surface area (Å²) in [6, 6.07) is 15.5. The van der Waals surface area contributed by atoms with Crippen LogP contribution in [0.15, 0.2) is 79.1 Å². The van der Waals surface area contributed by atoms with E-state index in [0.717, 1.165) is 17.8 Å². The number of carbonyl (C=O) groups is 2. The fraction of sp³-hybridized carbons (Fsp3) is 0.0800. The molecule has 0 saturated carbocycles.